The Morgan fingerprint density at radius 3 is 2.53 bits per heavy atom. The van der Waals surface area contributed by atoms with Crippen molar-refractivity contribution in [2.45, 2.75) is 64.9 Å². The number of ether oxygens (including phenoxy) is 1. The number of hydrogen-bond acceptors (Lipinski definition) is 3. The minimum atomic E-state index is -0.221. The Balaban J connectivity index is 2.54. The van der Waals surface area contributed by atoms with Crippen LogP contribution in [0.1, 0.15) is 41.0 Å². The summed E-state index contributed by atoms with van der Waals surface area (Å²) in [6.45, 7) is 12.3. The van der Waals surface area contributed by atoms with E-state index in [-0.39, 0.29) is 17.8 Å². The fourth-order valence-corrected chi connectivity index (χ4v) is 2.48. The van der Waals surface area contributed by atoms with E-state index in [9.17, 15) is 5.11 Å². The largest absolute Gasteiger partial charge is 0.393 e. The summed E-state index contributed by atoms with van der Waals surface area (Å²) in [7, 11) is 0. The van der Waals surface area contributed by atoms with E-state index >= 15 is 0 Å². The quantitative estimate of drug-likeness (QED) is 0.777. The van der Waals surface area contributed by atoms with Gasteiger partial charge < -0.3 is 9.84 Å². The summed E-state index contributed by atoms with van der Waals surface area (Å²) in [5, 5.41) is 9.39. The molecule has 1 fully saturated rings. The van der Waals surface area contributed by atoms with E-state index in [0.29, 0.717) is 6.04 Å². The van der Waals surface area contributed by atoms with Crippen molar-refractivity contribution in [3.8, 4) is 0 Å². The van der Waals surface area contributed by atoms with Gasteiger partial charge in [0.05, 0.1) is 17.8 Å². The van der Waals surface area contributed by atoms with E-state index in [1.54, 1.807) is 0 Å². The third kappa shape index (κ3) is 4.09. The second-order valence-corrected chi connectivity index (χ2v) is 5.55. The summed E-state index contributed by atoms with van der Waals surface area (Å²) in [5.41, 5.74) is -0.0649. The van der Waals surface area contributed by atoms with Crippen LogP contribution in [0.5, 0.6) is 0 Å². The fourth-order valence-electron chi connectivity index (χ4n) is 2.48. The molecule has 1 aliphatic rings. The molecule has 3 heteroatoms. The molecule has 1 saturated heterocycles. The van der Waals surface area contributed by atoms with E-state index in [0.717, 1.165) is 19.5 Å². The molecule has 1 aliphatic heterocycles. The van der Waals surface area contributed by atoms with Gasteiger partial charge in [0.2, 0.25) is 0 Å². The molecule has 1 N–H and O–H groups in total. The van der Waals surface area contributed by atoms with Crippen LogP contribution in [0.25, 0.3) is 0 Å². The van der Waals surface area contributed by atoms with Crippen LogP contribution in [-0.4, -0.2) is 46.9 Å². The van der Waals surface area contributed by atoms with Crippen LogP contribution in [0.4, 0.5) is 0 Å². The molecule has 0 radical (unpaired) electrons. The van der Waals surface area contributed by atoms with Crippen molar-refractivity contribution in [3.05, 3.63) is 0 Å². The van der Waals surface area contributed by atoms with Gasteiger partial charge in [-0.2, -0.15) is 0 Å². The minimum Gasteiger partial charge on any atom is -0.393 e. The van der Waals surface area contributed by atoms with Gasteiger partial charge in [-0.3, -0.25) is 4.90 Å². The highest BCUT2D eigenvalue weighted by Gasteiger charge is 2.33. The van der Waals surface area contributed by atoms with Crippen molar-refractivity contribution in [1.82, 2.24) is 4.90 Å². The van der Waals surface area contributed by atoms with Crippen LogP contribution < -0.4 is 0 Å². The second kappa shape index (κ2) is 4.81. The van der Waals surface area contributed by atoms with Crippen LogP contribution in [0.3, 0.4) is 0 Å². The first-order valence-corrected chi connectivity index (χ1v) is 5.90. The lowest BCUT2D eigenvalue weighted by Gasteiger charge is -2.44. The van der Waals surface area contributed by atoms with E-state index in [1.807, 2.05) is 6.92 Å². The Morgan fingerprint density at radius 1 is 1.47 bits per heavy atom. The lowest BCUT2D eigenvalue weighted by atomic mass is 10.0. The van der Waals surface area contributed by atoms with Gasteiger partial charge in [0, 0.05) is 19.1 Å². The molecule has 1 rings (SSSR count). The van der Waals surface area contributed by atoms with Gasteiger partial charge in [0.25, 0.3) is 0 Å². The Hall–Kier alpha value is -0.120. The van der Waals surface area contributed by atoms with Gasteiger partial charge in [0.15, 0.2) is 0 Å². The normalized spacial score (nSPS) is 31.2. The number of rotatable bonds is 3. The van der Waals surface area contributed by atoms with Crippen molar-refractivity contribution in [1.29, 1.82) is 0 Å². The van der Waals surface area contributed by atoms with E-state index in [2.05, 4.69) is 32.6 Å². The zero-order chi connectivity index (χ0) is 11.6. The standard InChI is InChI=1S/C12H25NO2/c1-9(6-10(2)14)13-7-11(3)15-12(4,5)8-13/h9-11,14H,6-8H2,1-5H3. The molecule has 90 valence electrons. The van der Waals surface area contributed by atoms with Gasteiger partial charge in [-0.15, -0.1) is 0 Å². The van der Waals surface area contributed by atoms with Crippen molar-refractivity contribution >= 4 is 0 Å². The van der Waals surface area contributed by atoms with Crippen molar-refractivity contribution in [3.63, 3.8) is 0 Å². The zero-order valence-corrected chi connectivity index (χ0v) is 10.7. The van der Waals surface area contributed by atoms with Gasteiger partial charge in [-0.25, -0.2) is 0 Å². The molecule has 0 aromatic carbocycles. The average Bonchev–Trinajstić information content (AvgIpc) is 1.98. The molecule has 3 unspecified atom stereocenters. The molecule has 1 heterocycles. The van der Waals surface area contributed by atoms with Crippen molar-refractivity contribution in [2.75, 3.05) is 13.1 Å². The fraction of sp³-hybridized carbons (Fsp3) is 1.00. The Labute approximate surface area is 93.4 Å². The summed E-state index contributed by atoms with van der Waals surface area (Å²) < 4.78 is 5.85. The van der Waals surface area contributed by atoms with E-state index in [1.165, 1.54) is 0 Å². The first-order chi connectivity index (χ1) is 6.80. The summed E-state index contributed by atoms with van der Waals surface area (Å²) in [6, 6.07) is 0.427. The summed E-state index contributed by atoms with van der Waals surface area (Å²) in [5.74, 6) is 0. The molecule has 15 heavy (non-hydrogen) atoms. The minimum absolute atomic E-state index is 0.0649. The van der Waals surface area contributed by atoms with E-state index < -0.39 is 0 Å². The number of aliphatic hydroxyl groups is 1. The van der Waals surface area contributed by atoms with Gasteiger partial charge >= 0.3 is 0 Å². The molecule has 0 bridgehead atoms. The summed E-state index contributed by atoms with van der Waals surface area (Å²) in [4.78, 5) is 2.42. The van der Waals surface area contributed by atoms with Crippen molar-refractivity contribution in [2.24, 2.45) is 0 Å². The molecule has 0 amide bonds. The number of morpholine rings is 1. The van der Waals surface area contributed by atoms with Crippen LogP contribution >= 0.6 is 0 Å². The van der Waals surface area contributed by atoms with Crippen LogP contribution in [0.15, 0.2) is 0 Å². The lowest BCUT2D eigenvalue weighted by Crippen LogP contribution is -2.54. The molecule has 3 nitrogen and oxygen atoms in total. The molecular formula is C12H25NO2. The third-order valence-electron chi connectivity index (χ3n) is 2.90. The molecule has 0 aromatic rings. The molecule has 0 saturated carbocycles. The maximum Gasteiger partial charge on any atom is 0.0757 e. The number of hydrogen-bond donors (Lipinski definition) is 1. The topological polar surface area (TPSA) is 32.7 Å². The monoisotopic (exact) mass is 215 g/mol. The molecule has 3 atom stereocenters. The molecule has 0 aliphatic carbocycles. The van der Waals surface area contributed by atoms with Gasteiger partial charge in [-0.05, 0) is 41.0 Å². The highest BCUT2D eigenvalue weighted by molar-refractivity contribution is 4.85. The predicted octanol–water partition coefficient (Wildman–Crippen LogP) is 1.65. The van der Waals surface area contributed by atoms with Crippen molar-refractivity contribution < 1.29 is 9.84 Å². The number of aliphatic hydroxyl groups excluding tert-OH is 1. The predicted molar refractivity (Wildman–Crippen MR) is 62.0 cm³/mol. The molecular weight excluding hydrogens is 190 g/mol. The first kappa shape index (κ1) is 12.9. The highest BCUT2D eigenvalue weighted by Crippen LogP contribution is 2.23. The smallest absolute Gasteiger partial charge is 0.0757 e. The highest BCUT2D eigenvalue weighted by atomic mass is 16.5. The average molecular weight is 215 g/mol. The maximum absolute atomic E-state index is 9.39. The summed E-state index contributed by atoms with van der Waals surface area (Å²) in [6.07, 6.45) is 0.898. The second-order valence-electron chi connectivity index (χ2n) is 5.55. The van der Waals surface area contributed by atoms with Gasteiger partial charge in [-0.1, -0.05) is 0 Å². The Kier molecular flexibility index (Phi) is 4.15. The zero-order valence-electron chi connectivity index (χ0n) is 10.7. The number of nitrogens with zero attached hydrogens (tertiary/aromatic N) is 1. The molecule has 0 aromatic heterocycles. The van der Waals surface area contributed by atoms with Crippen LogP contribution in [-0.2, 0) is 4.74 Å². The Bertz CT molecular complexity index is 204. The van der Waals surface area contributed by atoms with Gasteiger partial charge in [0.1, 0.15) is 0 Å². The maximum atomic E-state index is 9.39. The third-order valence-corrected chi connectivity index (χ3v) is 2.90. The SMILES string of the molecule is CC(O)CC(C)N1CC(C)OC(C)(C)C1. The summed E-state index contributed by atoms with van der Waals surface area (Å²) >= 11 is 0. The Morgan fingerprint density at radius 2 is 2.07 bits per heavy atom. The first-order valence-electron chi connectivity index (χ1n) is 5.90. The van der Waals surface area contributed by atoms with E-state index in [4.69, 9.17) is 4.74 Å². The lowest BCUT2D eigenvalue weighted by molar-refractivity contribution is -0.138. The van der Waals surface area contributed by atoms with Crippen LogP contribution in [0, 0.1) is 0 Å². The molecule has 0 spiro atoms. The van der Waals surface area contributed by atoms with Crippen LogP contribution in [0.2, 0.25) is 0 Å².